The molecule has 0 bridgehead atoms. The smallest absolute Gasteiger partial charge is 0.208 e. The van der Waals surface area contributed by atoms with Gasteiger partial charge in [0.2, 0.25) is 5.89 Å². The van der Waals surface area contributed by atoms with Gasteiger partial charge >= 0.3 is 0 Å². The molecule has 2 rings (SSSR count). The Kier molecular flexibility index (Phi) is 6.99. The second kappa shape index (κ2) is 7.12. The standard InChI is InChI=1S/C10H17N3O.2ClH/c1-2-9-5-12-10(14-9)7-13-4-3-8(11)6-13;;/h5,8H,2-4,6-7,11H2,1H3;2*1H/t8-;;/m1../s1. The van der Waals surface area contributed by atoms with Crippen molar-refractivity contribution in [1.29, 1.82) is 0 Å². The predicted octanol–water partition coefficient (Wildman–Crippen LogP) is 1.61. The zero-order valence-electron chi connectivity index (χ0n) is 9.39. The highest BCUT2D eigenvalue weighted by Gasteiger charge is 2.20. The Bertz CT molecular complexity index is 306. The third-order valence-electron chi connectivity index (χ3n) is 2.62. The van der Waals surface area contributed by atoms with Crippen molar-refractivity contribution in [3.63, 3.8) is 0 Å². The molecule has 1 aliphatic rings. The predicted molar refractivity (Wildman–Crippen MR) is 68.2 cm³/mol. The molecule has 0 radical (unpaired) electrons. The number of hydrogen-bond donors (Lipinski definition) is 1. The first-order valence-electron chi connectivity index (χ1n) is 5.19. The molecule has 1 aromatic rings. The summed E-state index contributed by atoms with van der Waals surface area (Å²) >= 11 is 0. The van der Waals surface area contributed by atoms with Crippen LogP contribution in [-0.2, 0) is 13.0 Å². The van der Waals surface area contributed by atoms with E-state index >= 15 is 0 Å². The van der Waals surface area contributed by atoms with Crippen LogP contribution in [-0.4, -0.2) is 29.0 Å². The van der Waals surface area contributed by atoms with Gasteiger partial charge in [-0.25, -0.2) is 4.98 Å². The number of nitrogens with two attached hydrogens (primary N) is 1. The van der Waals surface area contributed by atoms with E-state index in [1.165, 1.54) is 0 Å². The number of rotatable bonds is 3. The number of likely N-dealkylation sites (tertiary alicyclic amines) is 1. The fourth-order valence-electron chi connectivity index (χ4n) is 1.78. The van der Waals surface area contributed by atoms with Gasteiger partial charge in [-0.2, -0.15) is 0 Å². The van der Waals surface area contributed by atoms with Crippen LogP contribution in [0.15, 0.2) is 10.6 Å². The molecular formula is C10H19Cl2N3O. The molecule has 0 spiro atoms. The molecule has 1 atom stereocenters. The van der Waals surface area contributed by atoms with Gasteiger partial charge in [-0.1, -0.05) is 6.92 Å². The van der Waals surface area contributed by atoms with Crippen LogP contribution in [0.1, 0.15) is 25.0 Å². The minimum absolute atomic E-state index is 0. The van der Waals surface area contributed by atoms with E-state index in [2.05, 4.69) is 16.8 Å². The summed E-state index contributed by atoms with van der Waals surface area (Å²) in [7, 11) is 0. The Morgan fingerprint density at radius 2 is 2.31 bits per heavy atom. The molecule has 94 valence electrons. The first-order chi connectivity index (χ1) is 6.78. The van der Waals surface area contributed by atoms with E-state index in [9.17, 15) is 0 Å². The average molecular weight is 268 g/mol. The van der Waals surface area contributed by atoms with Gasteiger partial charge in [-0.15, -0.1) is 24.8 Å². The van der Waals surface area contributed by atoms with Gasteiger partial charge in [0.15, 0.2) is 0 Å². The number of halogens is 2. The maximum atomic E-state index is 5.82. The van der Waals surface area contributed by atoms with E-state index in [4.69, 9.17) is 10.2 Å². The molecule has 0 unspecified atom stereocenters. The first-order valence-corrected chi connectivity index (χ1v) is 5.19. The molecular weight excluding hydrogens is 249 g/mol. The van der Waals surface area contributed by atoms with E-state index in [1.54, 1.807) is 0 Å². The number of hydrogen-bond acceptors (Lipinski definition) is 4. The van der Waals surface area contributed by atoms with Crippen molar-refractivity contribution in [3.8, 4) is 0 Å². The van der Waals surface area contributed by atoms with Gasteiger partial charge in [-0.3, -0.25) is 4.90 Å². The zero-order chi connectivity index (χ0) is 9.97. The molecule has 0 saturated carbocycles. The van der Waals surface area contributed by atoms with E-state index in [-0.39, 0.29) is 24.8 Å². The second-order valence-corrected chi connectivity index (χ2v) is 3.86. The van der Waals surface area contributed by atoms with Gasteiger partial charge < -0.3 is 10.2 Å². The van der Waals surface area contributed by atoms with Crippen molar-refractivity contribution in [2.75, 3.05) is 13.1 Å². The molecule has 0 amide bonds. The Morgan fingerprint density at radius 3 is 2.81 bits per heavy atom. The molecule has 1 aromatic heterocycles. The molecule has 0 aromatic carbocycles. The molecule has 1 aliphatic heterocycles. The lowest BCUT2D eigenvalue weighted by atomic mass is 10.3. The average Bonchev–Trinajstić information content (AvgIpc) is 2.76. The van der Waals surface area contributed by atoms with Crippen molar-refractivity contribution in [1.82, 2.24) is 9.88 Å². The topological polar surface area (TPSA) is 55.3 Å². The number of nitrogens with zero attached hydrogens (tertiary/aromatic N) is 2. The lowest BCUT2D eigenvalue weighted by Gasteiger charge is -2.11. The summed E-state index contributed by atoms with van der Waals surface area (Å²) in [5, 5.41) is 0. The highest BCUT2D eigenvalue weighted by molar-refractivity contribution is 5.85. The van der Waals surface area contributed by atoms with Crippen molar-refractivity contribution in [2.24, 2.45) is 5.73 Å². The maximum Gasteiger partial charge on any atom is 0.208 e. The quantitative estimate of drug-likeness (QED) is 0.905. The van der Waals surface area contributed by atoms with Crippen LogP contribution in [0.4, 0.5) is 0 Å². The van der Waals surface area contributed by atoms with Gasteiger partial charge in [0.1, 0.15) is 5.76 Å². The summed E-state index contributed by atoms with van der Waals surface area (Å²) in [6.07, 6.45) is 3.80. The lowest BCUT2D eigenvalue weighted by molar-refractivity contribution is 0.283. The second-order valence-electron chi connectivity index (χ2n) is 3.86. The van der Waals surface area contributed by atoms with Gasteiger partial charge in [-0.05, 0) is 6.42 Å². The molecule has 16 heavy (non-hydrogen) atoms. The SMILES string of the molecule is CCc1cnc(CN2CC[C@@H](N)C2)o1.Cl.Cl. The molecule has 1 saturated heterocycles. The third-order valence-corrected chi connectivity index (χ3v) is 2.62. The van der Waals surface area contributed by atoms with Gasteiger partial charge in [0.25, 0.3) is 0 Å². The Labute approximate surface area is 108 Å². The minimum Gasteiger partial charge on any atom is -0.444 e. The summed E-state index contributed by atoms with van der Waals surface area (Å²) in [4.78, 5) is 6.51. The zero-order valence-corrected chi connectivity index (χ0v) is 11.0. The fourth-order valence-corrected chi connectivity index (χ4v) is 1.78. The molecule has 6 heteroatoms. The normalized spacial score (nSPS) is 20.2. The maximum absolute atomic E-state index is 5.82. The summed E-state index contributed by atoms with van der Waals surface area (Å²) in [5.41, 5.74) is 5.82. The van der Waals surface area contributed by atoms with E-state index in [1.807, 2.05) is 6.20 Å². The largest absolute Gasteiger partial charge is 0.444 e. The minimum atomic E-state index is 0. The monoisotopic (exact) mass is 267 g/mol. The summed E-state index contributed by atoms with van der Waals surface area (Å²) in [6, 6.07) is 0.329. The Morgan fingerprint density at radius 1 is 1.56 bits per heavy atom. The molecule has 4 nitrogen and oxygen atoms in total. The summed E-state index contributed by atoms with van der Waals surface area (Å²) in [5.74, 6) is 1.78. The van der Waals surface area contributed by atoms with Gasteiger partial charge in [0.05, 0.1) is 12.7 Å². The number of oxazole rings is 1. The fraction of sp³-hybridized carbons (Fsp3) is 0.700. The summed E-state index contributed by atoms with van der Waals surface area (Å²) in [6.45, 7) is 4.89. The van der Waals surface area contributed by atoms with E-state index in [0.717, 1.165) is 44.1 Å². The van der Waals surface area contributed by atoms with Crippen molar-refractivity contribution in [2.45, 2.75) is 32.4 Å². The van der Waals surface area contributed by atoms with Crippen LogP contribution >= 0.6 is 24.8 Å². The molecule has 0 aliphatic carbocycles. The molecule has 2 N–H and O–H groups in total. The highest BCUT2D eigenvalue weighted by atomic mass is 35.5. The van der Waals surface area contributed by atoms with Crippen LogP contribution < -0.4 is 5.73 Å². The van der Waals surface area contributed by atoms with Crippen LogP contribution in [0.5, 0.6) is 0 Å². The van der Waals surface area contributed by atoms with Crippen LogP contribution in [0.3, 0.4) is 0 Å². The van der Waals surface area contributed by atoms with Crippen molar-refractivity contribution in [3.05, 3.63) is 17.8 Å². The number of aromatic nitrogens is 1. The van der Waals surface area contributed by atoms with Crippen LogP contribution in [0.25, 0.3) is 0 Å². The van der Waals surface area contributed by atoms with Crippen molar-refractivity contribution < 1.29 is 4.42 Å². The first kappa shape index (κ1) is 15.7. The van der Waals surface area contributed by atoms with E-state index < -0.39 is 0 Å². The highest BCUT2D eigenvalue weighted by Crippen LogP contribution is 2.12. The molecule has 2 heterocycles. The Hall–Kier alpha value is -0.290. The third kappa shape index (κ3) is 3.94. The lowest BCUT2D eigenvalue weighted by Crippen LogP contribution is -2.26. The van der Waals surface area contributed by atoms with Gasteiger partial charge in [0, 0.05) is 25.6 Å². The number of aryl methyl sites for hydroxylation is 1. The summed E-state index contributed by atoms with van der Waals surface area (Å²) < 4.78 is 5.54. The molecule has 1 fully saturated rings. The van der Waals surface area contributed by atoms with Crippen LogP contribution in [0, 0.1) is 0 Å². The Balaban J connectivity index is 0.00000112. The van der Waals surface area contributed by atoms with Crippen LogP contribution in [0.2, 0.25) is 0 Å². The van der Waals surface area contributed by atoms with E-state index in [0.29, 0.717) is 6.04 Å². The van der Waals surface area contributed by atoms with Crippen molar-refractivity contribution >= 4 is 24.8 Å².